The Bertz CT molecular complexity index is 77.0. The van der Waals surface area contributed by atoms with E-state index in [0.29, 0.717) is 12.5 Å². The van der Waals surface area contributed by atoms with Gasteiger partial charge in [-0.2, -0.15) is 0 Å². The van der Waals surface area contributed by atoms with Crippen LogP contribution in [0.5, 0.6) is 0 Å². The molecular formula is C7H14NO. The zero-order chi connectivity index (χ0) is 6.69. The molecule has 0 aromatic rings. The molecule has 0 atom stereocenters. The molecule has 2 nitrogen and oxygen atoms in total. The highest BCUT2D eigenvalue weighted by Gasteiger charge is 2.17. The standard InChI is InChI=1S/C7H14NO/c8-5-6-1-3-7(9)4-2-6/h6-9H,1-5H2. The van der Waals surface area contributed by atoms with Gasteiger partial charge in [0, 0.05) is 6.54 Å². The van der Waals surface area contributed by atoms with Crippen molar-refractivity contribution in [3.63, 3.8) is 0 Å². The zero-order valence-corrected chi connectivity index (χ0v) is 5.64. The third kappa shape index (κ3) is 1.95. The minimum Gasteiger partial charge on any atom is -0.393 e. The first kappa shape index (κ1) is 7.03. The molecule has 0 spiro atoms. The predicted octanol–water partition coefficient (Wildman–Crippen LogP) is 0.820. The van der Waals surface area contributed by atoms with Crippen LogP contribution < -0.4 is 5.73 Å². The first-order valence-electron chi connectivity index (χ1n) is 3.65. The first-order chi connectivity index (χ1) is 4.33. The second-order valence-corrected chi connectivity index (χ2v) is 2.88. The molecule has 1 aliphatic carbocycles. The number of nitrogens with one attached hydrogen (secondary N) is 1. The molecule has 1 radical (unpaired) electrons. The quantitative estimate of drug-likeness (QED) is 0.558. The SMILES string of the molecule is [NH]CC1CCC(O)CC1. The van der Waals surface area contributed by atoms with E-state index in [9.17, 15) is 0 Å². The Hall–Kier alpha value is -0.0800. The summed E-state index contributed by atoms with van der Waals surface area (Å²) < 4.78 is 0. The Morgan fingerprint density at radius 3 is 2.22 bits per heavy atom. The van der Waals surface area contributed by atoms with E-state index in [1.807, 2.05) is 0 Å². The third-order valence-corrected chi connectivity index (χ3v) is 2.10. The number of hydrogen-bond donors (Lipinski definition) is 1. The van der Waals surface area contributed by atoms with E-state index in [1.165, 1.54) is 0 Å². The molecule has 0 aromatic heterocycles. The van der Waals surface area contributed by atoms with Gasteiger partial charge in [0.05, 0.1) is 6.10 Å². The van der Waals surface area contributed by atoms with Gasteiger partial charge in [0.15, 0.2) is 0 Å². The smallest absolute Gasteiger partial charge is 0.0540 e. The predicted molar refractivity (Wildman–Crippen MR) is 35.9 cm³/mol. The second kappa shape index (κ2) is 3.18. The molecule has 0 unspecified atom stereocenters. The minimum absolute atomic E-state index is 0.0622. The van der Waals surface area contributed by atoms with Gasteiger partial charge in [-0.25, -0.2) is 0 Å². The summed E-state index contributed by atoms with van der Waals surface area (Å²) >= 11 is 0. The average Bonchev–Trinajstić information content (AvgIpc) is 1.90. The van der Waals surface area contributed by atoms with Gasteiger partial charge in [0.2, 0.25) is 0 Å². The monoisotopic (exact) mass is 128 g/mol. The second-order valence-electron chi connectivity index (χ2n) is 2.88. The summed E-state index contributed by atoms with van der Waals surface area (Å²) in [6, 6.07) is 0. The lowest BCUT2D eigenvalue weighted by Gasteiger charge is -2.23. The van der Waals surface area contributed by atoms with Crippen LogP contribution in [0.4, 0.5) is 0 Å². The van der Waals surface area contributed by atoms with E-state index < -0.39 is 0 Å². The highest BCUT2D eigenvalue weighted by molar-refractivity contribution is 4.71. The molecule has 9 heavy (non-hydrogen) atoms. The van der Waals surface area contributed by atoms with Crippen LogP contribution >= 0.6 is 0 Å². The van der Waals surface area contributed by atoms with Crippen molar-refractivity contribution in [1.82, 2.24) is 5.73 Å². The largest absolute Gasteiger partial charge is 0.393 e. The number of hydrogen-bond acceptors (Lipinski definition) is 1. The Balaban J connectivity index is 2.18. The van der Waals surface area contributed by atoms with Crippen LogP contribution in [0.2, 0.25) is 0 Å². The fraction of sp³-hybridized carbons (Fsp3) is 1.00. The molecule has 0 heterocycles. The maximum Gasteiger partial charge on any atom is 0.0540 e. The normalized spacial score (nSPS) is 36.7. The minimum atomic E-state index is -0.0622. The summed E-state index contributed by atoms with van der Waals surface area (Å²) in [5, 5.41) is 9.06. The van der Waals surface area contributed by atoms with Crippen LogP contribution in [0.15, 0.2) is 0 Å². The Kier molecular flexibility index (Phi) is 2.49. The number of aliphatic hydroxyl groups is 1. The van der Waals surface area contributed by atoms with Crippen molar-refractivity contribution in [3.05, 3.63) is 0 Å². The molecule has 0 bridgehead atoms. The van der Waals surface area contributed by atoms with E-state index >= 15 is 0 Å². The molecule has 0 aromatic carbocycles. The van der Waals surface area contributed by atoms with Gasteiger partial charge < -0.3 is 5.11 Å². The maximum atomic E-state index is 9.06. The lowest BCUT2D eigenvalue weighted by Crippen LogP contribution is -2.20. The Morgan fingerprint density at radius 1 is 1.22 bits per heavy atom. The lowest BCUT2D eigenvalue weighted by atomic mass is 9.88. The van der Waals surface area contributed by atoms with Gasteiger partial charge >= 0.3 is 0 Å². The van der Waals surface area contributed by atoms with Gasteiger partial charge in [-0.3, -0.25) is 5.73 Å². The summed E-state index contributed by atoms with van der Waals surface area (Å²) in [7, 11) is 0. The molecule has 0 saturated heterocycles. The van der Waals surface area contributed by atoms with Gasteiger partial charge in [-0.05, 0) is 31.6 Å². The fourth-order valence-corrected chi connectivity index (χ4v) is 1.35. The van der Waals surface area contributed by atoms with Crippen molar-refractivity contribution in [2.75, 3.05) is 6.54 Å². The molecule has 2 N–H and O–H groups in total. The highest BCUT2D eigenvalue weighted by atomic mass is 16.3. The molecule has 0 amide bonds. The van der Waals surface area contributed by atoms with Crippen molar-refractivity contribution < 1.29 is 5.11 Å². The van der Waals surface area contributed by atoms with Crippen molar-refractivity contribution >= 4 is 0 Å². The van der Waals surface area contributed by atoms with E-state index in [4.69, 9.17) is 10.8 Å². The van der Waals surface area contributed by atoms with Crippen LogP contribution in [-0.2, 0) is 0 Å². The molecule has 0 aliphatic heterocycles. The highest BCUT2D eigenvalue weighted by Crippen LogP contribution is 2.22. The van der Waals surface area contributed by atoms with Gasteiger partial charge in [-0.1, -0.05) is 0 Å². The van der Waals surface area contributed by atoms with E-state index in [1.54, 1.807) is 0 Å². The molecule has 1 saturated carbocycles. The molecule has 1 rings (SSSR count). The van der Waals surface area contributed by atoms with Crippen LogP contribution in [0.3, 0.4) is 0 Å². The average molecular weight is 128 g/mol. The summed E-state index contributed by atoms with van der Waals surface area (Å²) in [6.45, 7) is 0.548. The fourth-order valence-electron chi connectivity index (χ4n) is 1.35. The summed E-state index contributed by atoms with van der Waals surface area (Å²) in [5.74, 6) is 0.577. The number of rotatable bonds is 1. The maximum absolute atomic E-state index is 9.06. The molecule has 1 fully saturated rings. The first-order valence-corrected chi connectivity index (χ1v) is 3.65. The van der Waals surface area contributed by atoms with E-state index in [-0.39, 0.29) is 6.10 Å². The number of aliphatic hydroxyl groups excluding tert-OH is 1. The zero-order valence-electron chi connectivity index (χ0n) is 5.64. The third-order valence-electron chi connectivity index (χ3n) is 2.10. The van der Waals surface area contributed by atoms with Gasteiger partial charge in [0.1, 0.15) is 0 Å². The van der Waals surface area contributed by atoms with Crippen LogP contribution in [0, 0.1) is 5.92 Å². The van der Waals surface area contributed by atoms with Gasteiger partial charge in [-0.15, -0.1) is 0 Å². The van der Waals surface area contributed by atoms with Crippen LogP contribution in [0.1, 0.15) is 25.7 Å². The topological polar surface area (TPSA) is 44.0 Å². The molecular weight excluding hydrogens is 114 g/mol. The molecule has 1 aliphatic rings. The van der Waals surface area contributed by atoms with Crippen molar-refractivity contribution in [2.45, 2.75) is 31.8 Å². The summed E-state index contributed by atoms with van der Waals surface area (Å²) in [5.41, 5.74) is 7.08. The van der Waals surface area contributed by atoms with Gasteiger partial charge in [0.25, 0.3) is 0 Å². The Morgan fingerprint density at radius 2 is 1.78 bits per heavy atom. The van der Waals surface area contributed by atoms with Crippen LogP contribution in [0.25, 0.3) is 0 Å². The molecule has 2 heteroatoms. The van der Waals surface area contributed by atoms with E-state index in [2.05, 4.69) is 0 Å². The van der Waals surface area contributed by atoms with E-state index in [0.717, 1.165) is 25.7 Å². The van der Waals surface area contributed by atoms with Crippen LogP contribution in [-0.4, -0.2) is 17.8 Å². The summed E-state index contributed by atoms with van der Waals surface area (Å²) in [6.07, 6.45) is 3.90. The summed E-state index contributed by atoms with van der Waals surface area (Å²) in [4.78, 5) is 0. The lowest BCUT2D eigenvalue weighted by molar-refractivity contribution is 0.110. The van der Waals surface area contributed by atoms with Crippen molar-refractivity contribution in [3.8, 4) is 0 Å². The Labute approximate surface area is 56.1 Å². The molecule has 53 valence electrons. The van der Waals surface area contributed by atoms with Crippen molar-refractivity contribution in [1.29, 1.82) is 0 Å². The van der Waals surface area contributed by atoms with Crippen molar-refractivity contribution in [2.24, 2.45) is 5.92 Å².